The molecule has 6 heteroatoms. The number of methoxy groups -OCH3 is 1. The zero-order valence-electron chi connectivity index (χ0n) is 16.2. The lowest BCUT2D eigenvalue weighted by molar-refractivity contribution is 0.0594. The summed E-state index contributed by atoms with van der Waals surface area (Å²) in [7, 11) is 3.54. The summed E-state index contributed by atoms with van der Waals surface area (Å²) in [6.45, 7) is 2.89. The van der Waals surface area contributed by atoms with Crippen molar-refractivity contribution < 1.29 is 9.53 Å². The number of carbonyl (C=O) groups is 1. The molecule has 1 saturated heterocycles. The van der Waals surface area contributed by atoms with Gasteiger partial charge in [0.15, 0.2) is 0 Å². The van der Waals surface area contributed by atoms with Gasteiger partial charge in [-0.25, -0.2) is 14.8 Å². The molecule has 1 unspecified atom stereocenters. The second kappa shape index (κ2) is 7.94. The van der Waals surface area contributed by atoms with Gasteiger partial charge in [-0.05, 0) is 31.2 Å². The first-order valence-corrected chi connectivity index (χ1v) is 9.48. The van der Waals surface area contributed by atoms with Crippen LogP contribution in [0.4, 0.5) is 5.82 Å². The maximum Gasteiger partial charge on any atom is 0.356 e. The van der Waals surface area contributed by atoms with Crippen LogP contribution in [-0.2, 0) is 11.3 Å². The van der Waals surface area contributed by atoms with Gasteiger partial charge in [0.05, 0.1) is 18.8 Å². The van der Waals surface area contributed by atoms with E-state index in [4.69, 9.17) is 4.74 Å². The number of aromatic nitrogens is 2. The third-order valence-electron chi connectivity index (χ3n) is 5.34. The maximum atomic E-state index is 11.6. The first kappa shape index (κ1) is 18.4. The van der Waals surface area contributed by atoms with Gasteiger partial charge in [0.1, 0.15) is 11.5 Å². The van der Waals surface area contributed by atoms with Gasteiger partial charge in [0.25, 0.3) is 0 Å². The number of anilines is 1. The van der Waals surface area contributed by atoms with Crippen molar-refractivity contribution in [2.45, 2.75) is 19.0 Å². The summed E-state index contributed by atoms with van der Waals surface area (Å²) in [6, 6.07) is 16.7. The number of rotatable bonds is 5. The zero-order valence-corrected chi connectivity index (χ0v) is 16.2. The van der Waals surface area contributed by atoms with Gasteiger partial charge in [-0.2, -0.15) is 0 Å². The highest BCUT2D eigenvalue weighted by atomic mass is 16.5. The van der Waals surface area contributed by atoms with Crippen molar-refractivity contribution in [3.05, 3.63) is 66.0 Å². The Bertz CT molecular complexity index is 977. The molecule has 0 N–H and O–H groups in total. The molecule has 28 heavy (non-hydrogen) atoms. The molecule has 4 rings (SSSR count). The third kappa shape index (κ3) is 3.82. The van der Waals surface area contributed by atoms with E-state index in [1.54, 1.807) is 12.3 Å². The summed E-state index contributed by atoms with van der Waals surface area (Å²) in [4.78, 5) is 25.3. The number of benzene rings is 1. The number of likely N-dealkylation sites (N-methyl/N-ethyl adjacent to an activating group) is 1. The van der Waals surface area contributed by atoms with E-state index in [2.05, 4.69) is 57.1 Å². The number of nitrogens with zero attached hydrogens (tertiary/aromatic N) is 4. The molecule has 144 valence electrons. The van der Waals surface area contributed by atoms with Crippen LogP contribution >= 0.6 is 0 Å². The second-order valence-corrected chi connectivity index (χ2v) is 7.21. The maximum absolute atomic E-state index is 11.6. The fraction of sp³-hybridized carbons (Fsp3) is 0.318. The minimum Gasteiger partial charge on any atom is -0.464 e. The number of pyridine rings is 2. The standard InChI is InChI=1S/C22H24N4O2/c1-25(14-16-6-4-3-5-7-16)18-10-11-26(15-18)21-12-17-8-9-19(22(27)28-2)24-20(17)13-23-21/h3-9,12-13,18H,10-11,14-15H2,1-2H3. The Hall–Kier alpha value is -2.99. The highest BCUT2D eigenvalue weighted by Crippen LogP contribution is 2.24. The van der Waals surface area contributed by atoms with Crippen LogP contribution in [-0.4, -0.2) is 54.1 Å². The largest absolute Gasteiger partial charge is 0.464 e. The highest BCUT2D eigenvalue weighted by molar-refractivity contribution is 5.91. The van der Waals surface area contributed by atoms with Crippen molar-refractivity contribution in [2.75, 3.05) is 32.1 Å². The van der Waals surface area contributed by atoms with Crippen molar-refractivity contribution in [1.82, 2.24) is 14.9 Å². The van der Waals surface area contributed by atoms with Crippen LogP contribution in [0.25, 0.3) is 10.9 Å². The van der Waals surface area contributed by atoms with Crippen LogP contribution in [0, 0.1) is 0 Å². The molecule has 1 aromatic carbocycles. The molecule has 1 fully saturated rings. The Morgan fingerprint density at radius 1 is 1.25 bits per heavy atom. The molecule has 6 nitrogen and oxygen atoms in total. The number of hydrogen-bond acceptors (Lipinski definition) is 6. The molecular weight excluding hydrogens is 352 g/mol. The summed E-state index contributed by atoms with van der Waals surface area (Å²) in [6.07, 6.45) is 2.85. The van der Waals surface area contributed by atoms with E-state index in [9.17, 15) is 4.79 Å². The van der Waals surface area contributed by atoms with Crippen LogP contribution in [0.15, 0.2) is 54.7 Å². The summed E-state index contributed by atoms with van der Waals surface area (Å²) in [5.41, 5.74) is 2.33. The Kier molecular flexibility index (Phi) is 5.21. The predicted molar refractivity (Wildman–Crippen MR) is 109 cm³/mol. The quantitative estimate of drug-likeness (QED) is 0.638. The Labute approximate surface area is 164 Å². The topological polar surface area (TPSA) is 58.6 Å². The molecule has 0 saturated carbocycles. The van der Waals surface area contributed by atoms with Crippen LogP contribution in [0.1, 0.15) is 22.5 Å². The van der Waals surface area contributed by atoms with Gasteiger partial charge < -0.3 is 9.64 Å². The SMILES string of the molecule is COC(=O)c1ccc2cc(N3CCC(N(C)Cc4ccccc4)C3)ncc2n1. The van der Waals surface area contributed by atoms with Crippen LogP contribution in [0.5, 0.6) is 0 Å². The molecular formula is C22H24N4O2. The summed E-state index contributed by atoms with van der Waals surface area (Å²) in [5.74, 6) is 0.519. The van der Waals surface area contributed by atoms with E-state index < -0.39 is 5.97 Å². The van der Waals surface area contributed by atoms with Crippen molar-refractivity contribution in [3.8, 4) is 0 Å². The lowest BCUT2D eigenvalue weighted by atomic mass is 10.1. The van der Waals surface area contributed by atoms with Crippen molar-refractivity contribution in [2.24, 2.45) is 0 Å². The minimum atomic E-state index is -0.435. The summed E-state index contributed by atoms with van der Waals surface area (Å²) < 4.78 is 4.73. The van der Waals surface area contributed by atoms with Crippen molar-refractivity contribution >= 4 is 22.7 Å². The van der Waals surface area contributed by atoms with E-state index >= 15 is 0 Å². The smallest absolute Gasteiger partial charge is 0.356 e. The average Bonchev–Trinajstić information content (AvgIpc) is 3.23. The van der Waals surface area contributed by atoms with Crippen molar-refractivity contribution in [1.29, 1.82) is 0 Å². The van der Waals surface area contributed by atoms with E-state index in [1.165, 1.54) is 12.7 Å². The lowest BCUT2D eigenvalue weighted by Gasteiger charge is -2.25. The number of hydrogen-bond donors (Lipinski definition) is 0. The van der Waals surface area contributed by atoms with Gasteiger partial charge in [-0.1, -0.05) is 36.4 Å². The third-order valence-corrected chi connectivity index (χ3v) is 5.34. The Balaban J connectivity index is 1.46. The van der Waals surface area contributed by atoms with Gasteiger partial charge >= 0.3 is 5.97 Å². The Morgan fingerprint density at radius 2 is 2.07 bits per heavy atom. The molecule has 0 aliphatic carbocycles. The molecule has 3 heterocycles. The van der Waals surface area contributed by atoms with Gasteiger partial charge in [0.2, 0.25) is 0 Å². The first-order valence-electron chi connectivity index (χ1n) is 9.48. The second-order valence-electron chi connectivity index (χ2n) is 7.21. The van der Waals surface area contributed by atoms with Gasteiger partial charge in [-0.15, -0.1) is 0 Å². The molecule has 1 aliphatic rings. The number of ether oxygens (including phenoxy) is 1. The van der Waals surface area contributed by atoms with E-state index in [-0.39, 0.29) is 0 Å². The zero-order chi connectivity index (χ0) is 19.5. The van der Waals surface area contributed by atoms with Gasteiger partial charge in [0, 0.05) is 31.1 Å². The molecule has 1 aliphatic heterocycles. The summed E-state index contributed by atoms with van der Waals surface area (Å²) >= 11 is 0. The molecule has 0 amide bonds. The number of carbonyl (C=O) groups excluding carboxylic acids is 1. The van der Waals surface area contributed by atoms with Gasteiger partial charge in [-0.3, -0.25) is 4.90 Å². The molecule has 0 spiro atoms. The summed E-state index contributed by atoms with van der Waals surface area (Å²) in [5, 5.41) is 0.971. The highest BCUT2D eigenvalue weighted by Gasteiger charge is 2.26. The van der Waals surface area contributed by atoms with Crippen LogP contribution in [0.3, 0.4) is 0 Å². The minimum absolute atomic E-state index is 0.299. The first-order chi connectivity index (χ1) is 13.6. The van der Waals surface area contributed by atoms with Crippen LogP contribution < -0.4 is 4.90 Å². The van der Waals surface area contributed by atoms with E-state index in [0.717, 1.165) is 37.3 Å². The predicted octanol–water partition coefficient (Wildman–Crippen LogP) is 3.13. The Morgan fingerprint density at radius 3 is 2.86 bits per heavy atom. The number of esters is 1. The van der Waals surface area contributed by atoms with E-state index in [0.29, 0.717) is 17.3 Å². The number of fused-ring (bicyclic) bond motifs is 1. The molecule has 3 aromatic rings. The normalized spacial score (nSPS) is 16.7. The monoisotopic (exact) mass is 376 g/mol. The molecule has 0 bridgehead atoms. The average molecular weight is 376 g/mol. The fourth-order valence-electron chi connectivity index (χ4n) is 3.72. The molecule has 0 radical (unpaired) electrons. The van der Waals surface area contributed by atoms with Crippen LogP contribution in [0.2, 0.25) is 0 Å². The fourth-order valence-corrected chi connectivity index (χ4v) is 3.72. The molecule has 2 aromatic heterocycles. The van der Waals surface area contributed by atoms with Crippen molar-refractivity contribution in [3.63, 3.8) is 0 Å². The molecule has 1 atom stereocenters. The van der Waals surface area contributed by atoms with E-state index in [1.807, 2.05) is 12.1 Å². The lowest BCUT2D eigenvalue weighted by Crippen LogP contribution is -2.34.